The van der Waals surface area contributed by atoms with Crippen LogP contribution in [0, 0.1) is 0 Å². The molecule has 26 heavy (non-hydrogen) atoms. The molecule has 0 fully saturated rings. The Hall–Kier alpha value is -3.02. The summed E-state index contributed by atoms with van der Waals surface area (Å²) in [4.78, 5) is 12.1. The number of alkyl halides is 3. The third-order valence-electron chi connectivity index (χ3n) is 4.04. The van der Waals surface area contributed by atoms with E-state index in [1.54, 1.807) is 19.4 Å². The molecule has 2 aromatic carbocycles. The van der Waals surface area contributed by atoms with Crippen molar-refractivity contribution in [1.29, 1.82) is 0 Å². The Morgan fingerprint density at radius 3 is 2.08 bits per heavy atom. The first-order chi connectivity index (χ1) is 12.4. The molecule has 3 rings (SSSR count). The van der Waals surface area contributed by atoms with Crippen molar-refractivity contribution < 1.29 is 17.9 Å². The van der Waals surface area contributed by atoms with Crippen LogP contribution in [0.25, 0.3) is 11.1 Å². The fraction of sp³-hybridized carbons (Fsp3) is 0.150. The zero-order chi connectivity index (χ0) is 18.7. The van der Waals surface area contributed by atoms with Crippen molar-refractivity contribution in [1.82, 2.24) is 4.57 Å². The lowest BCUT2D eigenvalue weighted by atomic mass is 10.1. The summed E-state index contributed by atoms with van der Waals surface area (Å²) in [6, 6.07) is 15.4. The lowest BCUT2D eigenvalue weighted by Gasteiger charge is -2.11. The molecular weight excluding hydrogens is 343 g/mol. The second-order valence-corrected chi connectivity index (χ2v) is 5.81. The maximum absolute atomic E-state index is 12.6. The van der Waals surface area contributed by atoms with Crippen LogP contribution < -0.4 is 10.3 Å². The van der Waals surface area contributed by atoms with E-state index in [1.165, 1.54) is 22.8 Å². The van der Waals surface area contributed by atoms with Crippen molar-refractivity contribution in [3.63, 3.8) is 0 Å². The predicted octanol–water partition coefficient (Wildman–Crippen LogP) is 4.59. The van der Waals surface area contributed by atoms with E-state index < -0.39 is 11.7 Å². The number of pyridine rings is 1. The quantitative estimate of drug-likeness (QED) is 0.682. The highest BCUT2D eigenvalue weighted by molar-refractivity contribution is 5.63. The van der Waals surface area contributed by atoms with E-state index in [9.17, 15) is 18.0 Å². The van der Waals surface area contributed by atoms with Crippen LogP contribution in [-0.2, 0) is 12.7 Å². The lowest BCUT2D eigenvalue weighted by molar-refractivity contribution is -0.137. The van der Waals surface area contributed by atoms with Crippen LogP contribution in [0.1, 0.15) is 11.1 Å². The summed E-state index contributed by atoms with van der Waals surface area (Å²) in [6.07, 6.45) is -2.68. The van der Waals surface area contributed by atoms with Gasteiger partial charge in [-0.3, -0.25) is 4.79 Å². The van der Waals surface area contributed by atoms with E-state index in [2.05, 4.69) is 0 Å². The fourth-order valence-corrected chi connectivity index (χ4v) is 2.60. The number of halogens is 3. The number of ether oxygens (including phenoxy) is 1. The molecule has 1 aromatic heterocycles. The topological polar surface area (TPSA) is 31.2 Å². The maximum atomic E-state index is 12.6. The molecule has 0 aliphatic heterocycles. The Kier molecular flexibility index (Phi) is 4.84. The van der Waals surface area contributed by atoms with Crippen molar-refractivity contribution in [2.24, 2.45) is 0 Å². The fourth-order valence-electron chi connectivity index (χ4n) is 2.60. The van der Waals surface area contributed by atoms with E-state index in [0.717, 1.165) is 29.0 Å². The second kappa shape index (κ2) is 7.07. The Bertz CT molecular complexity index is 943. The molecule has 0 bridgehead atoms. The molecule has 0 N–H and O–H groups in total. The average molecular weight is 359 g/mol. The van der Waals surface area contributed by atoms with Crippen molar-refractivity contribution >= 4 is 0 Å². The van der Waals surface area contributed by atoms with Gasteiger partial charge < -0.3 is 9.30 Å². The molecule has 0 saturated carbocycles. The van der Waals surface area contributed by atoms with Crippen LogP contribution in [0.2, 0.25) is 0 Å². The van der Waals surface area contributed by atoms with Gasteiger partial charge in [-0.2, -0.15) is 13.2 Å². The molecule has 0 spiro atoms. The molecule has 134 valence electrons. The van der Waals surface area contributed by atoms with Crippen molar-refractivity contribution in [2.45, 2.75) is 12.7 Å². The van der Waals surface area contributed by atoms with Gasteiger partial charge in [0.25, 0.3) is 5.56 Å². The van der Waals surface area contributed by atoms with Crippen LogP contribution in [-0.4, -0.2) is 11.7 Å². The molecule has 3 aromatic rings. The van der Waals surface area contributed by atoms with Gasteiger partial charge in [0, 0.05) is 12.3 Å². The van der Waals surface area contributed by atoms with Crippen LogP contribution in [0.4, 0.5) is 13.2 Å². The van der Waals surface area contributed by atoms with Gasteiger partial charge in [-0.05, 0) is 47.0 Å². The smallest absolute Gasteiger partial charge is 0.416 e. The van der Waals surface area contributed by atoms with E-state index in [0.29, 0.717) is 5.56 Å². The predicted molar refractivity (Wildman–Crippen MR) is 93.2 cm³/mol. The standard InChI is InChI=1S/C20H16F3NO2/c1-26-18-9-4-15(5-10-18)16-6-11-19(25)24(13-16)12-14-2-7-17(8-3-14)20(21,22)23/h2-11,13H,12H2,1H3. The monoisotopic (exact) mass is 359 g/mol. The molecule has 0 aliphatic carbocycles. The lowest BCUT2D eigenvalue weighted by Crippen LogP contribution is -2.19. The molecule has 3 nitrogen and oxygen atoms in total. The van der Waals surface area contributed by atoms with Gasteiger partial charge in [-0.1, -0.05) is 24.3 Å². The van der Waals surface area contributed by atoms with Crippen LogP contribution in [0.5, 0.6) is 5.75 Å². The summed E-state index contributed by atoms with van der Waals surface area (Å²) in [6.45, 7) is 0.195. The van der Waals surface area contributed by atoms with Gasteiger partial charge in [0.05, 0.1) is 19.2 Å². The normalized spacial score (nSPS) is 11.4. The Morgan fingerprint density at radius 1 is 0.885 bits per heavy atom. The highest BCUT2D eigenvalue weighted by Gasteiger charge is 2.29. The summed E-state index contributed by atoms with van der Waals surface area (Å²) in [5, 5.41) is 0. The summed E-state index contributed by atoms with van der Waals surface area (Å²) >= 11 is 0. The molecular formula is C20H16F3NO2. The minimum Gasteiger partial charge on any atom is -0.497 e. The third kappa shape index (κ3) is 3.96. The molecule has 0 saturated heterocycles. The van der Waals surface area contributed by atoms with Crippen LogP contribution in [0.3, 0.4) is 0 Å². The van der Waals surface area contributed by atoms with E-state index >= 15 is 0 Å². The van der Waals surface area contributed by atoms with Gasteiger partial charge in [0.1, 0.15) is 5.75 Å². The third-order valence-corrected chi connectivity index (χ3v) is 4.04. The average Bonchev–Trinajstić information content (AvgIpc) is 2.63. The summed E-state index contributed by atoms with van der Waals surface area (Å²) < 4.78 is 44.5. The highest BCUT2D eigenvalue weighted by Crippen LogP contribution is 2.29. The maximum Gasteiger partial charge on any atom is 0.416 e. The zero-order valence-electron chi connectivity index (χ0n) is 14.0. The minimum atomic E-state index is -4.37. The molecule has 1 heterocycles. The van der Waals surface area contributed by atoms with Crippen LogP contribution >= 0.6 is 0 Å². The number of nitrogens with zero attached hydrogens (tertiary/aromatic N) is 1. The number of rotatable bonds is 4. The summed E-state index contributed by atoms with van der Waals surface area (Å²) in [5.41, 5.74) is 1.43. The summed E-state index contributed by atoms with van der Waals surface area (Å²) in [7, 11) is 1.58. The number of hydrogen-bond donors (Lipinski definition) is 0. The van der Waals surface area contributed by atoms with Gasteiger partial charge in [0.15, 0.2) is 0 Å². The van der Waals surface area contributed by atoms with E-state index in [-0.39, 0.29) is 12.1 Å². The van der Waals surface area contributed by atoms with Gasteiger partial charge in [0.2, 0.25) is 0 Å². The molecule has 0 radical (unpaired) electrons. The summed E-state index contributed by atoms with van der Waals surface area (Å²) in [5.74, 6) is 0.729. The zero-order valence-corrected chi connectivity index (χ0v) is 14.0. The van der Waals surface area contributed by atoms with E-state index in [1.807, 2.05) is 24.3 Å². The first-order valence-corrected chi connectivity index (χ1v) is 7.88. The van der Waals surface area contributed by atoms with E-state index in [4.69, 9.17) is 4.74 Å². The molecule has 0 amide bonds. The Balaban J connectivity index is 1.87. The van der Waals surface area contributed by atoms with Crippen molar-refractivity contribution in [3.05, 3.63) is 88.3 Å². The van der Waals surface area contributed by atoms with Crippen LogP contribution in [0.15, 0.2) is 71.7 Å². The van der Waals surface area contributed by atoms with Gasteiger partial charge in [-0.15, -0.1) is 0 Å². The number of hydrogen-bond acceptors (Lipinski definition) is 2. The molecule has 0 unspecified atom stereocenters. The highest BCUT2D eigenvalue weighted by atomic mass is 19.4. The van der Waals surface area contributed by atoms with Crippen molar-refractivity contribution in [2.75, 3.05) is 7.11 Å². The molecule has 0 aliphatic rings. The number of benzene rings is 2. The first-order valence-electron chi connectivity index (χ1n) is 7.88. The first kappa shape index (κ1) is 17.8. The van der Waals surface area contributed by atoms with Gasteiger partial charge >= 0.3 is 6.18 Å². The van der Waals surface area contributed by atoms with Crippen molar-refractivity contribution in [3.8, 4) is 16.9 Å². The number of aromatic nitrogens is 1. The minimum absolute atomic E-state index is 0.195. The van der Waals surface area contributed by atoms with Gasteiger partial charge in [-0.25, -0.2) is 0 Å². The number of methoxy groups -OCH3 is 1. The largest absolute Gasteiger partial charge is 0.497 e. The SMILES string of the molecule is COc1ccc(-c2ccc(=O)n(Cc3ccc(C(F)(F)F)cc3)c2)cc1. The molecule has 6 heteroatoms. The Labute approximate surface area is 148 Å². The molecule has 0 atom stereocenters. The Morgan fingerprint density at radius 2 is 1.50 bits per heavy atom. The second-order valence-electron chi connectivity index (χ2n) is 5.81.